The second kappa shape index (κ2) is 7.03. The molecule has 0 radical (unpaired) electrons. The van der Waals surface area contributed by atoms with Crippen LogP contribution in [-0.2, 0) is 4.79 Å². The Kier molecular flexibility index (Phi) is 4.81. The third-order valence-electron chi connectivity index (χ3n) is 4.37. The van der Waals surface area contributed by atoms with Gasteiger partial charge in [-0.2, -0.15) is 0 Å². The summed E-state index contributed by atoms with van der Waals surface area (Å²) >= 11 is 0. The molecule has 0 atom stereocenters. The molecule has 0 spiro atoms. The van der Waals surface area contributed by atoms with Crippen LogP contribution in [0, 0.1) is 12.8 Å². The van der Waals surface area contributed by atoms with Gasteiger partial charge in [0.05, 0.1) is 11.6 Å². The van der Waals surface area contributed by atoms with Crippen molar-refractivity contribution in [3.8, 4) is 11.4 Å². The van der Waals surface area contributed by atoms with E-state index in [-0.39, 0.29) is 17.4 Å². The molecule has 130 valence electrons. The molecule has 2 aromatic rings. The normalized spacial score (nSPS) is 15.3. The van der Waals surface area contributed by atoms with E-state index in [1.165, 1.54) is 0 Å². The first kappa shape index (κ1) is 17.1. The van der Waals surface area contributed by atoms with Gasteiger partial charge in [-0.1, -0.05) is 6.08 Å². The molecular formula is C19H22N4O2. The second-order valence-electron chi connectivity index (χ2n) is 6.41. The van der Waals surface area contributed by atoms with Gasteiger partial charge in [-0.25, -0.2) is 4.98 Å². The molecule has 2 heterocycles. The van der Waals surface area contributed by atoms with E-state index < -0.39 is 0 Å². The molecule has 1 fully saturated rings. The Bertz CT molecular complexity index is 862. The minimum Gasteiger partial charge on any atom is -0.326 e. The average Bonchev–Trinajstić information content (AvgIpc) is 2.56. The Morgan fingerprint density at radius 2 is 2.00 bits per heavy atom. The molecule has 25 heavy (non-hydrogen) atoms. The van der Waals surface area contributed by atoms with E-state index >= 15 is 0 Å². The van der Waals surface area contributed by atoms with E-state index in [2.05, 4.69) is 20.2 Å². The van der Waals surface area contributed by atoms with Crippen LogP contribution >= 0.6 is 0 Å². The standard InChI is InChI=1S/C19H22N4O2/c1-4-5-16-12(2)18(24)22-17(21-16)13-6-8-15(9-7-13)20-19(25)14-10-23(3)11-14/h4-9,14H,10-11H2,1-3H3,(H,20,25)(H,21,22,24)/b5-4-. The molecule has 0 bridgehead atoms. The first-order valence-electron chi connectivity index (χ1n) is 8.31. The maximum atomic E-state index is 12.1. The molecule has 3 rings (SSSR count). The number of anilines is 1. The molecule has 1 aliphatic rings. The molecule has 1 saturated heterocycles. The van der Waals surface area contributed by atoms with Gasteiger partial charge in [0, 0.05) is 29.9 Å². The van der Waals surface area contributed by atoms with E-state index in [0.717, 1.165) is 24.3 Å². The topological polar surface area (TPSA) is 78.1 Å². The summed E-state index contributed by atoms with van der Waals surface area (Å²) in [6, 6.07) is 7.33. The van der Waals surface area contributed by atoms with Gasteiger partial charge in [0.1, 0.15) is 5.82 Å². The van der Waals surface area contributed by atoms with Crippen molar-refractivity contribution in [2.75, 3.05) is 25.5 Å². The fraction of sp³-hybridized carbons (Fsp3) is 0.316. The maximum Gasteiger partial charge on any atom is 0.254 e. The van der Waals surface area contributed by atoms with E-state index in [1.807, 2.05) is 50.4 Å². The van der Waals surface area contributed by atoms with E-state index in [1.54, 1.807) is 6.92 Å². The molecule has 1 aromatic heterocycles. The summed E-state index contributed by atoms with van der Waals surface area (Å²) in [5.74, 6) is 0.619. The van der Waals surface area contributed by atoms with Crippen LogP contribution in [0.15, 0.2) is 35.1 Å². The van der Waals surface area contributed by atoms with Gasteiger partial charge in [-0.05, 0) is 51.2 Å². The highest BCUT2D eigenvalue weighted by Gasteiger charge is 2.29. The maximum absolute atomic E-state index is 12.1. The SMILES string of the molecule is C/C=C\c1nc(-c2ccc(NC(=O)C3CN(C)C3)cc2)[nH]c(=O)c1C. The number of hydrogen-bond acceptors (Lipinski definition) is 4. The van der Waals surface area contributed by atoms with Crippen LogP contribution in [0.25, 0.3) is 17.5 Å². The number of allylic oxidation sites excluding steroid dienone is 1. The summed E-state index contributed by atoms with van der Waals surface area (Å²) in [7, 11) is 2.00. The smallest absolute Gasteiger partial charge is 0.254 e. The molecule has 6 heteroatoms. The predicted molar refractivity (Wildman–Crippen MR) is 99.4 cm³/mol. The number of benzene rings is 1. The first-order chi connectivity index (χ1) is 12.0. The van der Waals surface area contributed by atoms with E-state index in [0.29, 0.717) is 17.1 Å². The Morgan fingerprint density at radius 3 is 2.60 bits per heavy atom. The highest BCUT2D eigenvalue weighted by molar-refractivity contribution is 5.93. The Labute approximate surface area is 146 Å². The Balaban J connectivity index is 1.78. The lowest BCUT2D eigenvalue weighted by Crippen LogP contribution is -2.49. The lowest BCUT2D eigenvalue weighted by Gasteiger charge is -2.34. The predicted octanol–water partition coefficient (Wildman–Crippen LogP) is 2.28. The zero-order chi connectivity index (χ0) is 18.0. The summed E-state index contributed by atoms with van der Waals surface area (Å²) in [5.41, 5.74) is 2.64. The molecule has 1 amide bonds. The Morgan fingerprint density at radius 1 is 1.32 bits per heavy atom. The van der Waals surface area contributed by atoms with Crippen molar-refractivity contribution < 1.29 is 4.79 Å². The number of nitrogens with zero attached hydrogens (tertiary/aromatic N) is 2. The number of nitrogens with one attached hydrogen (secondary N) is 2. The van der Waals surface area contributed by atoms with E-state index in [9.17, 15) is 9.59 Å². The summed E-state index contributed by atoms with van der Waals surface area (Å²) in [5, 5.41) is 2.93. The third kappa shape index (κ3) is 3.69. The number of likely N-dealkylation sites (tertiary alicyclic amines) is 1. The lowest BCUT2D eigenvalue weighted by atomic mass is 10.0. The number of aromatic nitrogens is 2. The fourth-order valence-electron chi connectivity index (χ4n) is 2.83. The van der Waals surface area contributed by atoms with Crippen molar-refractivity contribution in [1.82, 2.24) is 14.9 Å². The van der Waals surface area contributed by atoms with Crippen LogP contribution in [0.1, 0.15) is 18.2 Å². The van der Waals surface area contributed by atoms with E-state index in [4.69, 9.17) is 0 Å². The van der Waals surface area contributed by atoms with Crippen LogP contribution in [0.4, 0.5) is 5.69 Å². The molecule has 1 aromatic carbocycles. The van der Waals surface area contributed by atoms with Crippen molar-refractivity contribution in [3.63, 3.8) is 0 Å². The highest BCUT2D eigenvalue weighted by Crippen LogP contribution is 2.20. The van der Waals surface area contributed by atoms with Crippen LogP contribution in [0.5, 0.6) is 0 Å². The van der Waals surface area contributed by atoms with Gasteiger partial charge in [0.2, 0.25) is 5.91 Å². The number of hydrogen-bond donors (Lipinski definition) is 2. The zero-order valence-electron chi connectivity index (χ0n) is 14.7. The van der Waals surface area contributed by atoms with Crippen molar-refractivity contribution in [2.45, 2.75) is 13.8 Å². The number of amides is 1. The van der Waals surface area contributed by atoms with Crippen LogP contribution < -0.4 is 10.9 Å². The monoisotopic (exact) mass is 338 g/mol. The van der Waals surface area contributed by atoms with Crippen LogP contribution in [0.3, 0.4) is 0 Å². The zero-order valence-corrected chi connectivity index (χ0v) is 14.7. The average molecular weight is 338 g/mol. The first-order valence-corrected chi connectivity index (χ1v) is 8.31. The molecule has 0 unspecified atom stereocenters. The van der Waals surface area contributed by atoms with Gasteiger partial charge in [0.25, 0.3) is 5.56 Å². The summed E-state index contributed by atoms with van der Waals surface area (Å²) < 4.78 is 0. The third-order valence-corrected chi connectivity index (χ3v) is 4.37. The van der Waals surface area contributed by atoms with Crippen molar-refractivity contribution in [2.24, 2.45) is 5.92 Å². The van der Waals surface area contributed by atoms with Gasteiger partial charge in [0.15, 0.2) is 0 Å². The summed E-state index contributed by atoms with van der Waals surface area (Å²) in [6.45, 7) is 5.24. The number of rotatable bonds is 4. The van der Waals surface area contributed by atoms with Crippen molar-refractivity contribution in [1.29, 1.82) is 0 Å². The molecule has 1 aliphatic heterocycles. The largest absolute Gasteiger partial charge is 0.326 e. The van der Waals surface area contributed by atoms with Crippen molar-refractivity contribution in [3.05, 3.63) is 52.0 Å². The Hall–Kier alpha value is -2.73. The molecule has 2 N–H and O–H groups in total. The number of aromatic amines is 1. The molecular weight excluding hydrogens is 316 g/mol. The second-order valence-corrected chi connectivity index (χ2v) is 6.41. The quantitative estimate of drug-likeness (QED) is 0.896. The van der Waals surface area contributed by atoms with Gasteiger partial charge < -0.3 is 15.2 Å². The number of carbonyl (C=O) groups excluding carboxylic acids is 1. The molecule has 6 nitrogen and oxygen atoms in total. The minimum atomic E-state index is -0.149. The number of carbonyl (C=O) groups is 1. The van der Waals surface area contributed by atoms with Crippen molar-refractivity contribution >= 4 is 17.7 Å². The molecule has 0 saturated carbocycles. The lowest BCUT2D eigenvalue weighted by molar-refractivity contribution is -0.124. The highest BCUT2D eigenvalue weighted by atomic mass is 16.2. The van der Waals surface area contributed by atoms with Gasteiger partial charge in [-0.15, -0.1) is 0 Å². The molecule has 0 aliphatic carbocycles. The minimum absolute atomic E-state index is 0.0445. The van der Waals surface area contributed by atoms with Crippen LogP contribution in [0.2, 0.25) is 0 Å². The number of H-pyrrole nitrogens is 1. The summed E-state index contributed by atoms with van der Waals surface area (Å²) in [4.78, 5) is 33.6. The van der Waals surface area contributed by atoms with Gasteiger partial charge >= 0.3 is 0 Å². The summed E-state index contributed by atoms with van der Waals surface area (Å²) in [6.07, 6.45) is 3.67. The fourth-order valence-corrected chi connectivity index (χ4v) is 2.83. The van der Waals surface area contributed by atoms with Crippen LogP contribution in [-0.4, -0.2) is 40.9 Å². The van der Waals surface area contributed by atoms with Gasteiger partial charge in [-0.3, -0.25) is 9.59 Å².